The fraction of sp³-hybridized carbons (Fsp3) is 0.111. The van der Waals surface area contributed by atoms with E-state index in [1.165, 1.54) is 12.1 Å². The molecule has 0 spiro atoms. The van der Waals surface area contributed by atoms with Crippen molar-refractivity contribution in [3.63, 3.8) is 0 Å². The van der Waals surface area contributed by atoms with Gasteiger partial charge in [-0.1, -0.05) is 11.6 Å². The normalized spacial score (nSPS) is 9.38. The van der Waals surface area contributed by atoms with Gasteiger partial charge in [-0.2, -0.15) is 0 Å². The molecule has 3 nitrogen and oxygen atoms in total. The molecule has 0 radical (unpaired) electrons. The van der Waals surface area contributed by atoms with Crippen molar-refractivity contribution in [3.8, 4) is 5.75 Å². The minimum atomic E-state index is -0.873. The molecule has 0 unspecified atom stereocenters. The largest absolute Gasteiger partial charge is 0.421 e. The van der Waals surface area contributed by atoms with Crippen LogP contribution in [0.15, 0.2) is 24.3 Å². The first-order valence-electron chi connectivity index (χ1n) is 3.58. The number of rotatable bonds is 2. The van der Waals surface area contributed by atoms with E-state index in [0.29, 0.717) is 10.8 Å². The number of benzene rings is 1. The molecule has 1 aromatic rings. The zero-order valence-corrected chi connectivity index (χ0v) is 7.67. The Bertz CT molecular complexity index is 329. The smallest absolute Gasteiger partial charge is 0.379 e. The summed E-state index contributed by atoms with van der Waals surface area (Å²) < 4.78 is 4.68. The average Bonchev–Trinajstić information content (AvgIpc) is 2.08. The molecule has 0 saturated heterocycles. The van der Waals surface area contributed by atoms with Gasteiger partial charge in [-0.3, -0.25) is 4.79 Å². The lowest BCUT2D eigenvalue weighted by Crippen LogP contribution is -2.16. The second-order valence-corrected chi connectivity index (χ2v) is 2.84. The summed E-state index contributed by atoms with van der Waals surface area (Å²) in [5, 5.41) is 0.544. The van der Waals surface area contributed by atoms with Crippen LogP contribution in [0, 0.1) is 0 Å². The first kappa shape index (κ1) is 9.74. The van der Waals surface area contributed by atoms with Crippen LogP contribution in [0.2, 0.25) is 5.02 Å². The molecule has 68 valence electrons. The number of carbonyl (C=O) groups excluding carboxylic acids is 2. The van der Waals surface area contributed by atoms with Gasteiger partial charge in [0.15, 0.2) is 0 Å². The molecule has 0 aliphatic heterocycles. The van der Waals surface area contributed by atoms with Gasteiger partial charge in [0.25, 0.3) is 0 Å². The number of Topliss-reactive ketones (excluding diaryl/α,β-unsaturated/α-hetero) is 1. The van der Waals surface area contributed by atoms with Crippen molar-refractivity contribution < 1.29 is 14.3 Å². The molecule has 0 bridgehead atoms. The summed E-state index contributed by atoms with van der Waals surface area (Å²) in [6.45, 7) is 1.15. The van der Waals surface area contributed by atoms with Crippen molar-refractivity contribution in [3.05, 3.63) is 29.3 Å². The predicted molar refractivity (Wildman–Crippen MR) is 47.8 cm³/mol. The van der Waals surface area contributed by atoms with Crippen LogP contribution >= 0.6 is 11.6 Å². The number of ether oxygens (including phenoxy) is 1. The van der Waals surface area contributed by atoms with Gasteiger partial charge < -0.3 is 4.74 Å². The maximum Gasteiger partial charge on any atom is 0.379 e. The van der Waals surface area contributed by atoms with E-state index in [0.717, 1.165) is 6.92 Å². The van der Waals surface area contributed by atoms with Gasteiger partial charge in [0, 0.05) is 11.9 Å². The summed E-state index contributed by atoms with van der Waals surface area (Å²) >= 11 is 5.60. The molecule has 4 heteroatoms. The number of ketones is 1. The Labute approximate surface area is 80.3 Å². The van der Waals surface area contributed by atoms with Crippen molar-refractivity contribution in [2.45, 2.75) is 6.92 Å². The Balaban J connectivity index is 2.70. The molecular weight excluding hydrogens is 192 g/mol. The lowest BCUT2D eigenvalue weighted by atomic mass is 10.3. The van der Waals surface area contributed by atoms with Gasteiger partial charge in [0.1, 0.15) is 5.75 Å². The van der Waals surface area contributed by atoms with E-state index in [9.17, 15) is 9.59 Å². The summed E-state index contributed by atoms with van der Waals surface area (Å²) in [7, 11) is 0. The third-order valence-corrected chi connectivity index (χ3v) is 1.56. The highest BCUT2D eigenvalue weighted by Crippen LogP contribution is 2.15. The van der Waals surface area contributed by atoms with Crippen LogP contribution < -0.4 is 4.74 Å². The van der Waals surface area contributed by atoms with Crippen molar-refractivity contribution >= 4 is 23.4 Å². The topological polar surface area (TPSA) is 43.4 Å². The Hall–Kier alpha value is -1.35. The third kappa shape index (κ3) is 2.87. The van der Waals surface area contributed by atoms with Gasteiger partial charge in [-0.05, 0) is 24.3 Å². The van der Waals surface area contributed by atoms with E-state index < -0.39 is 11.8 Å². The molecule has 0 saturated carbocycles. The van der Waals surface area contributed by atoms with Crippen LogP contribution in [0.25, 0.3) is 0 Å². The molecule has 0 aliphatic rings. The van der Waals surface area contributed by atoms with Crippen LogP contribution in [0.5, 0.6) is 5.75 Å². The summed E-state index contributed by atoms with van der Waals surface area (Å²) in [4.78, 5) is 21.3. The minimum absolute atomic E-state index is 0.310. The molecule has 0 aliphatic carbocycles. The molecular formula is C9H7ClO3. The molecule has 0 amide bonds. The Morgan fingerprint density at radius 1 is 1.23 bits per heavy atom. The molecule has 1 aromatic carbocycles. The Kier molecular flexibility index (Phi) is 3.03. The molecule has 0 heterocycles. The molecule has 0 N–H and O–H groups in total. The van der Waals surface area contributed by atoms with Crippen LogP contribution in [-0.2, 0) is 9.59 Å². The molecule has 13 heavy (non-hydrogen) atoms. The third-order valence-electron chi connectivity index (χ3n) is 1.31. The van der Waals surface area contributed by atoms with Gasteiger partial charge >= 0.3 is 5.97 Å². The lowest BCUT2D eigenvalue weighted by Gasteiger charge is -2.00. The molecule has 1 rings (SSSR count). The number of esters is 1. The molecule has 0 fully saturated rings. The summed E-state index contributed by atoms with van der Waals surface area (Å²) in [5.41, 5.74) is 0. The second-order valence-electron chi connectivity index (χ2n) is 2.40. The van der Waals surface area contributed by atoms with E-state index >= 15 is 0 Å². The summed E-state index contributed by atoms with van der Waals surface area (Å²) in [6.07, 6.45) is 0. The fourth-order valence-electron chi connectivity index (χ4n) is 0.682. The van der Waals surface area contributed by atoms with Crippen LogP contribution in [0.3, 0.4) is 0 Å². The molecule has 0 aromatic heterocycles. The monoisotopic (exact) mass is 198 g/mol. The highest BCUT2D eigenvalue weighted by atomic mass is 35.5. The first-order valence-corrected chi connectivity index (χ1v) is 3.95. The number of halogens is 1. The number of hydrogen-bond donors (Lipinski definition) is 0. The van der Waals surface area contributed by atoms with Crippen LogP contribution in [0.1, 0.15) is 6.92 Å². The van der Waals surface area contributed by atoms with E-state index in [-0.39, 0.29) is 0 Å². The van der Waals surface area contributed by atoms with E-state index in [1.54, 1.807) is 12.1 Å². The van der Waals surface area contributed by atoms with Crippen molar-refractivity contribution in [1.82, 2.24) is 0 Å². The molecule has 0 atom stereocenters. The van der Waals surface area contributed by atoms with Gasteiger partial charge in [0.2, 0.25) is 5.78 Å². The predicted octanol–water partition coefficient (Wildman–Crippen LogP) is 1.83. The van der Waals surface area contributed by atoms with Gasteiger partial charge in [-0.25, -0.2) is 4.79 Å². The maximum atomic E-state index is 10.8. The van der Waals surface area contributed by atoms with Crippen LogP contribution in [0.4, 0.5) is 0 Å². The number of carbonyl (C=O) groups is 2. The highest BCUT2D eigenvalue weighted by Gasteiger charge is 2.09. The van der Waals surface area contributed by atoms with E-state index in [1.807, 2.05) is 0 Å². The van der Waals surface area contributed by atoms with E-state index in [2.05, 4.69) is 4.74 Å². The zero-order chi connectivity index (χ0) is 9.84. The summed E-state index contributed by atoms with van der Waals surface area (Å²) in [5.74, 6) is -1.19. The lowest BCUT2D eigenvalue weighted by molar-refractivity contribution is -0.146. The SMILES string of the molecule is CC(=O)C(=O)Oc1ccc(Cl)cc1. The first-order chi connectivity index (χ1) is 6.09. The van der Waals surface area contributed by atoms with Crippen molar-refractivity contribution in [2.75, 3.05) is 0 Å². The number of hydrogen-bond acceptors (Lipinski definition) is 3. The average molecular weight is 199 g/mol. The summed E-state index contributed by atoms with van der Waals surface area (Å²) in [6, 6.07) is 6.18. The maximum absolute atomic E-state index is 10.8. The van der Waals surface area contributed by atoms with Crippen LogP contribution in [-0.4, -0.2) is 11.8 Å². The standard InChI is InChI=1S/C9H7ClO3/c1-6(11)9(12)13-8-4-2-7(10)3-5-8/h2-5H,1H3. The second kappa shape index (κ2) is 4.05. The van der Waals surface area contributed by atoms with Crippen molar-refractivity contribution in [1.29, 1.82) is 0 Å². The zero-order valence-electron chi connectivity index (χ0n) is 6.91. The minimum Gasteiger partial charge on any atom is -0.421 e. The quantitative estimate of drug-likeness (QED) is 0.414. The Morgan fingerprint density at radius 3 is 2.23 bits per heavy atom. The fourth-order valence-corrected chi connectivity index (χ4v) is 0.808. The van der Waals surface area contributed by atoms with Gasteiger partial charge in [0.05, 0.1) is 0 Å². The van der Waals surface area contributed by atoms with Gasteiger partial charge in [-0.15, -0.1) is 0 Å². The Morgan fingerprint density at radius 2 is 1.77 bits per heavy atom. The van der Waals surface area contributed by atoms with Crippen molar-refractivity contribution in [2.24, 2.45) is 0 Å². The van der Waals surface area contributed by atoms with E-state index in [4.69, 9.17) is 11.6 Å². The highest BCUT2D eigenvalue weighted by molar-refractivity contribution is 6.33.